The predicted molar refractivity (Wildman–Crippen MR) is 83.0 cm³/mol. The minimum absolute atomic E-state index is 0.326. The van der Waals surface area contributed by atoms with Crippen molar-refractivity contribution in [2.24, 2.45) is 0 Å². The highest BCUT2D eigenvalue weighted by Crippen LogP contribution is 2.63. The smallest absolute Gasteiger partial charge is 0.335 e. The summed E-state index contributed by atoms with van der Waals surface area (Å²) in [4.78, 5) is 11.8. The fourth-order valence-corrected chi connectivity index (χ4v) is 6.86. The van der Waals surface area contributed by atoms with Gasteiger partial charge in [-0.15, -0.1) is 0 Å². The molecule has 2 rings (SSSR count). The standard InChI is InChI=1S/C13H25N2O3PS/c1-5-17-13(16)10(2)18-19(20)14(3)11-8-6-7-9-12(11)15(19)4/h10-12H,5-9H2,1-4H3/t10-,11-,12-/m1/s1. The van der Waals surface area contributed by atoms with Gasteiger partial charge in [0.15, 0.2) is 6.10 Å². The number of carbonyl (C=O) groups excluding carboxylic acids is 1. The molecule has 1 aliphatic carbocycles. The number of rotatable bonds is 4. The first-order valence-corrected chi connectivity index (χ1v) is 9.96. The van der Waals surface area contributed by atoms with Crippen molar-refractivity contribution in [3.05, 3.63) is 0 Å². The summed E-state index contributed by atoms with van der Waals surface area (Å²) in [7, 11) is 4.09. The van der Waals surface area contributed by atoms with Gasteiger partial charge in [-0.3, -0.25) is 0 Å². The first-order chi connectivity index (χ1) is 9.41. The van der Waals surface area contributed by atoms with Crippen molar-refractivity contribution >= 4 is 24.3 Å². The molecule has 20 heavy (non-hydrogen) atoms. The second kappa shape index (κ2) is 6.41. The van der Waals surface area contributed by atoms with Crippen LogP contribution in [0, 0.1) is 0 Å². The van der Waals surface area contributed by atoms with Crippen molar-refractivity contribution in [3.8, 4) is 0 Å². The maximum absolute atomic E-state index is 11.8. The molecular formula is C13H25N2O3PS. The zero-order valence-electron chi connectivity index (χ0n) is 12.7. The number of hydrogen-bond donors (Lipinski definition) is 0. The fourth-order valence-electron chi connectivity index (χ4n) is 3.22. The lowest BCUT2D eigenvalue weighted by Gasteiger charge is -2.32. The van der Waals surface area contributed by atoms with Crippen molar-refractivity contribution < 1.29 is 14.1 Å². The van der Waals surface area contributed by atoms with Crippen LogP contribution >= 0.6 is 6.57 Å². The van der Waals surface area contributed by atoms with Gasteiger partial charge in [-0.25, -0.2) is 14.1 Å². The Morgan fingerprint density at radius 3 is 2.25 bits per heavy atom. The van der Waals surface area contributed by atoms with Gasteiger partial charge in [-0.1, -0.05) is 12.8 Å². The Kier molecular flexibility index (Phi) is 5.24. The van der Waals surface area contributed by atoms with Crippen LogP contribution in [0.25, 0.3) is 0 Å². The second-order valence-corrected chi connectivity index (χ2v) is 9.44. The van der Waals surface area contributed by atoms with E-state index in [0.29, 0.717) is 18.7 Å². The third kappa shape index (κ3) is 2.81. The highest BCUT2D eigenvalue weighted by molar-refractivity contribution is 8.10. The third-order valence-corrected chi connectivity index (χ3v) is 8.95. The molecule has 0 spiro atoms. The number of nitrogens with zero attached hydrogens (tertiary/aromatic N) is 2. The molecule has 5 nitrogen and oxygen atoms in total. The molecule has 0 N–H and O–H groups in total. The van der Waals surface area contributed by atoms with E-state index in [1.807, 2.05) is 14.1 Å². The van der Waals surface area contributed by atoms with Crippen LogP contribution in [0.2, 0.25) is 0 Å². The Balaban J connectivity index is 2.12. The number of fused-ring (bicyclic) bond motifs is 1. The molecule has 116 valence electrons. The molecule has 1 saturated carbocycles. The number of likely N-dealkylation sites (N-methyl/N-ethyl adjacent to an activating group) is 2. The molecule has 1 heterocycles. The summed E-state index contributed by atoms with van der Waals surface area (Å²) < 4.78 is 15.5. The second-order valence-electron chi connectivity index (χ2n) is 5.56. The number of hydrogen-bond acceptors (Lipinski definition) is 4. The van der Waals surface area contributed by atoms with Crippen molar-refractivity contribution in [2.75, 3.05) is 20.7 Å². The summed E-state index contributed by atoms with van der Waals surface area (Å²) in [5, 5.41) is 0. The van der Waals surface area contributed by atoms with E-state index in [1.165, 1.54) is 25.7 Å². The molecule has 0 aromatic heterocycles. The number of ether oxygens (including phenoxy) is 1. The molecule has 0 aromatic rings. The van der Waals surface area contributed by atoms with E-state index in [2.05, 4.69) is 9.34 Å². The molecule has 1 aliphatic heterocycles. The van der Waals surface area contributed by atoms with Crippen LogP contribution in [0.15, 0.2) is 0 Å². The van der Waals surface area contributed by atoms with Gasteiger partial charge >= 0.3 is 5.97 Å². The van der Waals surface area contributed by atoms with E-state index in [4.69, 9.17) is 21.1 Å². The quantitative estimate of drug-likeness (QED) is 0.585. The highest BCUT2D eigenvalue weighted by atomic mass is 32.5. The van der Waals surface area contributed by atoms with Crippen LogP contribution in [0.5, 0.6) is 0 Å². The zero-order valence-corrected chi connectivity index (χ0v) is 14.5. The normalized spacial score (nSPS) is 31.8. The van der Waals surface area contributed by atoms with Gasteiger partial charge in [0.1, 0.15) is 0 Å². The van der Waals surface area contributed by atoms with Crippen molar-refractivity contribution in [2.45, 2.75) is 57.7 Å². The Bertz CT molecular complexity index is 398. The Morgan fingerprint density at radius 1 is 1.30 bits per heavy atom. The molecule has 2 fully saturated rings. The van der Waals surface area contributed by atoms with Crippen LogP contribution in [-0.4, -0.2) is 54.2 Å². The molecular weight excluding hydrogens is 295 g/mol. The lowest BCUT2D eigenvalue weighted by molar-refractivity contribution is -0.150. The molecule has 0 unspecified atom stereocenters. The van der Waals surface area contributed by atoms with Gasteiger partial charge < -0.3 is 9.26 Å². The zero-order chi connectivity index (χ0) is 14.9. The van der Waals surface area contributed by atoms with Gasteiger partial charge in [0.25, 0.3) is 0 Å². The molecule has 2 aliphatic rings. The molecule has 0 aromatic carbocycles. The lowest BCUT2D eigenvalue weighted by Crippen LogP contribution is -2.37. The average Bonchev–Trinajstić information content (AvgIpc) is 2.62. The first-order valence-electron chi connectivity index (χ1n) is 7.33. The van der Waals surface area contributed by atoms with Gasteiger partial charge in [-0.2, -0.15) is 0 Å². The summed E-state index contributed by atoms with van der Waals surface area (Å²) in [6.45, 7) is 1.60. The topological polar surface area (TPSA) is 42.0 Å². The molecule has 3 atom stereocenters. The summed E-state index contributed by atoms with van der Waals surface area (Å²) >= 11 is 5.84. The SMILES string of the molecule is CCOC(=O)[C@@H](C)OP1(=S)N(C)[C@@H]2CCCC[C@H]2N1C. The highest BCUT2D eigenvalue weighted by Gasteiger charge is 2.50. The molecule has 0 amide bonds. The minimum Gasteiger partial charge on any atom is -0.464 e. The van der Waals surface area contributed by atoms with Gasteiger partial charge in [0.05, 0.1) is 6.61 Å². The summed E-state index contributed by atoms with van der Waals surface area (Å²) in [6, 6.07) is 0.933. The van der Waals surface area contributed by atoms with Crippen molar-refractivity contribution in [1.82, 2.24) is 9.34 Å². The Labute approximate surface area is 126 Å². The maximum Gasteiger partial charge on any atom is 0.335 e. The largest absolute Gasteiger partial charge is 0.464 e. The van der Waals surface area contributed by atoms with E-state index in [-0.39, 0.29) is 5.97 Å². The minimum atomic E-state index is -2.29. The third-order valence-electron chi connectivity index (χ3n) is 4.37. The lowest BCUT2D eigenvalue weighted by atomic mass is 9.91. The van der Waals surface area contributed by atoms with E-state index < -0.39 is 12.7 Å². The van der Waals surface area contributed by atoms with Crippen molar-refractivity contribution in [3.63, 3.8) is 0 Å². The predicted octanol–water partition coefficient (Wildman–Crippen LogP) is 2.37. The number of carbonyl (C=O) groups is 1. The van der Waals surface area contributed by atoms with E-state index >= 15 is 0 Å². The molecule has 1 saturated heterocycles. The van der Waals surface area contributed by atoms with Crippen LogP contribution in [-0.2, 0) is 25.9 Å². The fraction of sp³-hybridized carbons (Fsp3) is 0.923. The van der Waals surface area contributed by atoms with Gasteiger partial charge in [0.2, 0.25) is 6.57 Å². The molecule has 7 heteroatoms. The molecule has 0 radical (unpaired) electrons. The Morgan fingerprint density at radius 2 is 1.80 bits per heavy atom. The van der Waals surface area contributed by atoms with Crippen LogP contribution in [0.4, 0.5) is 0 Å². The van der Waals surface area contributed by atoms with Crippen LogP contribution in [0.3, 0.4) is 0 Å². The van der Waals surface area contributed by atoms with Gasteiger partial charge in [-0.05, 0) is 52.6 Å². The van der Waals surface area contributed by atoms with Crippen LogP contribution in [0.1, 0.15) is 39.5 Å². The summed E-state index contributed by atoms with van der Waals surface area (Å²) in [6.07, 6.45) is 4.23. The maximum atomic E-state index is 11.8. The van der Waals surface area contributed by atoms with Gasteiger partial charge in [0, 0.05) is 12.1 Å². The van der Waals surface area contributed by atoms with E-state index in [0.717, 1.165) is 0 Å². The molecule has 0 bridgehead atoms. The first kappa shape index (κ1) is 16.4. The van der Waals surface area contributed by atoms with Crippen LogP contribution < -0.4 is 0 Å². The average molecular weight is 320 g/mol. The Hall–Kier alpha value is -0.0000000000000000694. The van der Waals surface area contributed by atoms with Crippen molar-refractivity contribution in [1.29, 1.82) is 0 Å². The summed E-state index contributed by atoms with van der Waals surface area (Å²) in [5.74, 6) is -0.326. The monoisotopic (exact) mass is 320 g/mol. The number of esters is 1. The van der Waals surface area contributed by atoms with E-state index in [9.17, 15) is 4.79 Å². The van der Waals surface area contributed by atoms with E-state index in [1.54, 1.807) is 13.8 Å². The summed E-state index contributed by atoms with van der Waals surface area (Å²) in [5.41, 5.74) is 0.